The van der Waals surface area contributed by atoms with Crippen LogP contribution in [0.3, 0.4) is 0 Å². The highest BCUT2D eigenvalue weighted by Crippen LogP contribution is 2.31. The van der Waals surface area contributed by atoms with Gasteiger partial charge in [-0.2, -0.15) is 5.10 Å². The zero-order chi connectivity index (χ0) is 15.5. The summed E-state index contributed by atoms with van der Waals surface area (Å²) in [5, 5.41) is 5.94. The zero-order valence-corrected chi connectivity index (χ0v) is 12.8. The molecule has 1 fully saturated rings. The molecule has 2 amide bonds. The fourth-order valence-corrected chi connectivity index (χ4v) is 3.21. The van der Waals surface area contributed by atoms with Crippen LogP contribution < -0.4 is 0 Å². The Morgan fingerprint density at radius 1 is 1.14 bits per heavy atom. The average molecular weight is 299 g/mol. The van der Waals surface area contributed by atoms with E-state index in [1.54, 1.807) is 11.9 Å². The van der Waals surface area contributed by atoms with Crippen molar-refractivity contribution in [2.24, 2.45) is 11.0 Å². The van der Waals surface area contributed by atoms with Crippen molar-refractivity contribution in [3.05, 3.63) is 35.9 Å². The first-order chi connectivity index (χ1) is 10.7. The first kappa shape index (κ1) is 14.8. The third kappa shape index (κ3) is 2.89. The van der Waals surface area contributed by atoms with Crippen molar-refractivity contribution < 1.29 is 9.59 Å². The van der Waals surface area contributed by atoms with E-state index in [0.29, 0.717) is 13.1 Å². The number of hydrogen-bond acceptors (Lipinski definition) is 3. The Hall–Kier alpha value is -2.17. The van der Waals surface area contributed by atoms with E-state index in [2.05, 4.69) is 5.10 Å². The molecule has 116 valence electrons. The normalized spacial score (nSPS) is 22.1. The van der Waals surface area contributed by atoms with Gasteiger partial charge in [0.2, 0.25) is 11.8 Å². The van der Waals surface area contributed by atoms with E-state index in [9.17, 15) is 9.59 Å². The Labute approximate surface area is 130 Å². The molecule has 0 aromatic heterocycles. The minimum Gasteiger partial charge on any atom is -0.343 e. The minimum atomic E-state index is -0.0305. The zero-order valence-electron chi connectivity index (χ0n) is 12.8. The van der Waals surface area contributed by atoms with Gasteiger partial charge in [-0.3, -0.25) is 9.59 Å². The van der Waals surface area contributed by atoms with Crippen LogP contribution in [-0.2, 0) is 9.59 Å². The monoisotopic (exact) mass is 299 g/mol. The van der Waals surface area contributed by atoms with E-state index < -0.39 is 0 Å². The second-order valence-corrected chi connectivity index (χ2v) is 5.92. The predicted molar refractivity (Wildman–Crippen MR) is 84.1 cm³/mol. The van der Waals surface area contributed by atoms with Crippen LogP contribution >= 0.6 is 0 Å². The minimum absolute atomic E-state index is 0.0135. The van der Waals surface area contributed by atoms with Gasteiger partial charge in [-0.15, -0.1) is 0 Å². The van der Waals surface area contributed by atoms with Crippen molar-refractivity contribution in [3.8, 4) is 0 Å². The van der Waals surface area contributed by atoms with Gasteiger partial charge in [0, 0.05) is 38.6 Å². The lowest BCUT2D eigenvalue weighted by Crippen LogP contribution is -2.42. The van der Waals surface area contributed by atoms with E-state index in [1.807, 2.05) is 41.4 Å². The lowest BCUT2D eigenvalue weighted by Gasteiger charge is -2.33. The Morgan fingerprint density at radius 3 is 2.45 bits per heavy atom. The summed E-state index contributed by atoms with van der Waals surface area (Å²) in [7, 11) is 0. The summed E-state index contributed by atoms with van der Waals surface area (Å²) in [5.74, 6) is 0.148. The van der Waals surface area contributed by atoms with Gasteiger partial charge in [-0.25, -0.2) is 5.01 Å². The molecule has 22 heavy (non-hydrogen) atoms. The molecule has 1 atom stereocenters. The molecular weight excluding hydrogens is 278 g/mol. The number of hydrogen-bond donors (Lipinski definition) is 0. The van der Waals surface area contributed by atoms with Crippen LogP contribution in [-0.4, -0.2) is 41.0 Å². The summed E-state index contributed by atoms with van der Waals surface area (Å²) >= 11 is 0. The van der Waals surface area contributed by atoms with Crippen molar-refractivity contribution >= 4 is 18.0 Å². The molecule has 2 heterocycles. The molecule has 0 bridgehead atoms. The average Bonchev–Trinajstić information content (AvgIpc) is 3.04. The molecule has 0 unspecified atom stereocenters. The van der Waals surface area contributed by atoms with Gasteiger partial charge in [-0.1, -0.05) is 30.3 Å². The number of benzene rings is 1. The van der Waals surface area contributed by atoms with Gasteiger partial charge in [-0.05, 0) is 18.4 Å². The number of carbonyl (C=O) groups excluding carboxylic acids is 2. The van der Waals surface area contributed by atoms with E-state index in [-0.39, 0.29) is 23.8 Å². The molecule has 0 radical (unpaired) electrons. The Morgan fingerprint density at radius 2 is 1.82 bits per heavy atom. The highest BCUT2D eigenvalue weighted by molar-refractivity contribution is 5.82. The van der Waals surface area contributed by atoms with Crippen LogP contribution in [0.1, 0.15) is 37.8 Å². The van der Waals surface area contributed by atoms with Crippen LogP contribution in [0, 0.1) is 5.92 Å². The molecule has 2 aliphatic rings. The maximum Gasteiger partial charge on any atom is 0.246 e. The van der Waals surface area contributed by atoms with Crippen molar-refractivity contribution in [2.45, 2.75) is 32.2 Å². The highest BCUT2D eigenvalue weighted by Gasteiger charge is 2.34. The largest absolute Gasteiger partial charge is 0.343 e. The van der Waals surface area contributed by atoms with E-state index >= 15 is 0 Å². The molecular formula is C17H21N3O2. The Balaban J connectivity index is 1.67. The number of rotatable bonds is 2. The molecule has 5 nitrogen and oxygen atoms in total. The fourth-order valence-electron chi connectivity index (χ4n) is 3.21. The molecule has 2 aliphatic heterocycles. The maximum atomic E-state index is 12.8. The quantitative estimate of drug-likeness (QED) is 0.840. The number of amides is 2. The van der Waals surface area contributed by atoms with Gasteiger partial charge in [0.15, 0.2) is 0 Å². The van der Waals surface area contributed by atoms with Crippen LogP contribution in [0.25, 0.3) is 0 Å². The molecule has 0 N–H and O–H groups in total. The summed E-state index contributed by atoms with van der Waals surface area (Å²) in [5.41, 5.74) is 1.12. The lowest BCUT2D eigenvalue weighted by atomic mass is 9.94. The summed E-state index contributed by atoms with van der Waals surface area (Å²) in [6, 6.07) is 10.0. The number of nitrogens with zero attached hydrogens (tertiary/aromatic N) is 3. The van der Waals surface area contributed by atoms with Crippen LogP contribution in [0.4, 0.5) is 0 Å². The van der Waals surface area contributed by atoms with Gasteiger partial charge in [0.05, 0.1) is 6.04 Å². The van der Waals surface area contributed by atoms with Crippen molar-refractivity contribution in [3.63, 3.8) is 0 Å². The van der Waals surface area contributed by atoms with Crippen LogP contribution in [0.5, 0.6) is 0 Å². The maximum absolute atomic E-state index is 12.8. The number of likely N-dealkylation sites (tertiary alicyclic amines) is 1. The van der Waals surface area contributed by atoms with Crippen molar-refractivity contribution in [1.29, 1.82) is 0 Å². The van der Waals surface area contributed by atoms with Gasteiger partial charge < -0.3 is 4.90 Å². The fraction of sp³-hybridized carbons (Fsp3) is 0.471. The Bertz CT molecular complexity index is 577. The highest BCUT2D eigenvalue weighted by atomic mass is 16.2. The van der Waals surface area contributed by atoms with Gasteiger partial charge in [0.25, 0.3) is 0 Å². The molecule has 0 spiro atoms. The summed E-state index contributed by atoms with van der Waals surface area (Å²) in [4.78, 5) is 26.0. The van der Waals surface area contributed by atoms with Gasteiger partial charge in [0.1, 0.15) is 0 Å². The Kier molecular flexibility index (Phi) is 4.22. The summed E-state index contributed by atoms with van der Waals surface area (Å²) in [6.45, 7) is 2.91. The molecule has 3 rings (SSSR count). The predicted octanol–water partition coefficient (Wildman–Crippen LogP) is 2.20. The SMILES string of the molecule is CC(=O)N1CCC(C(=O)N2N=CC[C@H]2c2ccccc2)CC1. The molecule has 0 saturated carbocycles. The third-order valence-corrected chi connectivity index (χ3v) is 4.53. The standard InChI is InChI=1S/C17H21N3O2/c1-13(21)19-11-8-15(9-12-19)17(22)20-16(7-10-18-20)14-5-3-2-4-6-14/h2-6,10,15-16H,7-9,11-12H2,1H3/t16-/m0/s1. The van der Waals surface area contributed by atoms with Crippen LogP contribution in [0.15, 0.2) is 35.4 Å². The number of carbonyl (C=O) groups is 2. The van der Waals surface area contributed by atoms with E-state index in [1.165, 1.54) is 0 Å². The van der Waals surface area contributed by atoms with Gasteiger partial charge >= 0.3 is 0 Å². The molecule has 0 aliphatic carbocycles. The molecule has 1 saturated heterocycles. The first-order valence-corrected chi connectivity index (χ1v) is 7.83. The molecule has 1 aromatic rings. The number of piperidine rings is 1. The summed E-state index contributed by atoms with van der Waals surface area (Å²) in [6.07, 6.45) is 4.04. The lowest BCUT2D eigenvalue weighted by molar-refractivity contribution is -0.141. The molecule has 1 aromatic carbocycles. The third-order valence-electron chi connectivity index (χ3n) is 4.53. The molecule has 5 heteroatoms. The smallest absolute Gasteiger partial charge is 0.246 e. The first-order valence-electron chi connectivity index (χ1n) is 7.83. The number of hydrazone groups is 1. The van der Waals surface area contributed by atoms with Crippen molar-refractivity contribution in [2.75, 3.05) is 13.1 Å². The topological polar surface area (TPSA) is 53.0 Å². The second kappa shape index (κ2) is 6.30. The van der Waals surface area contributed by atoms with Crippen LogP contribution in [0.2, 0.25) is 0 Å². The van der Waals surface area contributed by atoms with E-state index in [0.717, 1.165) is 24.8 Å². The summed E-state index contributed by atoms with van der Waals surface area (Å²) < 4.78 is 0. The van der Waals surface area contributed by atoms with E-state index in [4.69, 9.17) is 0 Å². The second-order valence-electron chi connectivity index (χ2n) is 5.92. The van der Waals surface area contributed by atoms with Crippen molar-refractivity contribution in [1.82, 2.24) is 9.91 Å².